The molecular formula is C35H36N10O32S5. The number of nitro groups is 3. The predicted molar refractivity (Wildman–Crippen MR) is 266 cm³/mol. The van der Waals surface area contributed by atoms with E-state index in [1.165, 1.54) is 0 Å². The molecular weight excluding hydrogens is 1230 g/mol. The van der Waals surface area contributed by atoms with Gasteiger partial charge in [-0.3, -0.25) is 54.3 Å². The maximum atomic E-state index is 12.3. The number of H-pyrrole nitrogens is 1. The first kappa shape index (κ1) is 70.8. The number of carbonyl (C=O) groups is 10. The average molecular weight is 1270 g/mol. The van der Waals surface area contributed by atoms with Gasteiger partial charge >= 0.3 is 48.4 Å². The number of thioether (sulfide) groups is 2. The van der Waals surface area contributed by atoms with Crippen LogP contribution in [-0.2, 0) is 38.5 Å². The Morgan fingerprint density at radius 1 is 0.732 bits per heavy atom. The standard InChI is InChI=1S/C10H7NO7S.C9H13N5O12S.C9H6N2O7S.C7H10N2O6S2/c1-4(12)18-7-3-8(19)6(9(13)11(16)17)2-5(7)10(14)15;15-4-11(25-5-12(18)19)8(16)7-3-27-9(17)10(7)1-6(26-14(22)23)2-24-13(20)21;1-3(12)18-6-4(9(14)15)2-5(7(19)10-6)8(13)11(16)17;10-6(11)5-3-17-7(12)8(5)1-4(16)2-15-9(13)14/h2-3,19H,1H3,(H,14,15);6-7,15H,1-5H2;2H,1H3,(H,10,19)(H,14,15);4-5,16H,1-3H2,(H,10,11). The quantitative estimate of drug-likeness (QED) is 0.0140. The number of carboxylic acids is 3. The number of carbonyl (C=O) groups excluding carboxylic acids is 7. The lowest BCUT2D eigenvalue weighted by molar-refractivity contribution is -0.789. The normalized spacial score (nSPS) is 14.6. The summed E-state index contributed by atoms with van der Waals surface area (Å²) in [6.07, 6.45) is -1.59. The number of esters is 2. The molecule has 4 rings (SSSR count). The summed E-state index contributed by atoms with van der Waals surface area (Å²) in [6, 6.07) is 0.177. The third kappa shape index (κ3) is 23.3. The van der Waals surface area contributed by atoms with Crippen molar-refractivity contribution >= 4 is 119 Å². The van der Waals surface area contributed by atoms with E-state index in [1.807, 2.05) is 0 Å². The summed E-state index contributed by atoms with van der Waals surface area (Å²) in [7, 11) is 0. The van der Waals surface area contributed by atoms with Gasteiger partial charge in [-0.05, 0) is 18.2 Å². The largest absolute Gasteiger partial charge is 0.480 e. The molecule has 47 heteroatoms. The number of amides is 5. The van der Waals surface area contributed by atoms with Gasteiger partial charge in [-0.15, -0.1) is 43.0 Å². The highest BCUT2D eigenvalue weighted by molar-refractivity contribution is 8.14. The lowest BCUT2D eigenvalue weighted by Gasteiger charge is -2.28. The van der Waals surface area contributed by atoms with Crippen molar-refractivity contribution < 1.29 is 127 Å². The summed E-state index contributed by atoms with van der Waals surface area (Å²) in [4.78, 5) is 191. The van der Waals surface area contributed by atoms with Crippen molar-refractivity contribution in [3.63, 3.8) is 0 Å². The zero-order chi connectivity index (χ0) is 63.0. The van der Waals surface area contributed by atoms with Crippen molar-refractivity contribution in [2.24, 2.45) is 0 Å². The van der Waals surface area contributed by atoms with Crippen LogP contribution in [0.3, 0.4) is 0 Å². The Morgan fingerprint density at radius 2 is 1.22 bits per heavy atom. The van der Waals surface area contributed by atoms with Gasteiger partial charge in [0.2, 0.25) is 5.88 Å². The number of benzene rings is 1. The molecule has 2 aliphatic rings. The van der Waals surface area contributed by atoms with Crippen LogP contribution >= 0.6 is 61.0 Å². The highest BCUT2D eigenvalue weighted by Crippen LogP contribution is 2.29. The molecule has 0 saturated carbocycles. The van der Waals surface area contributed by atoms with Gasteiger partial charge in [0.15, 0.2) is 0 Å². The second kappa shape index (κ2) is 33.4. The van der Waals surface area contributed by atoms with E-state index in [0.717, 1.165) is 47.5 Å². The number of aromatic nitrogens is 1. The maximum absolute atomic E-state index is 12.3. The molecule has 4 atom stereocenters. The lowest BCUT2D eigenvalue weighted by Crippen LogP contribution is -2.51. The molecule has 42 nitrogen and oxygen atoms in total. The van der Waals surface area contributed by atoms with Crippen LogP contribution in [0.25, 0.3) is 0 Å². The second-order valence-electron chi connectivity index (χ2n) is 14.5. The lowest BCUT2D eigenvalue weighted by atomic mass is 10.1. The molecule has 1 aromatic carbocycles. The number of carboxylic acid groups (broad SMARTS) is 3. The highest BCUT2D eigenvalue weighted by Gasteiger charge is 2.42. The van der Waals surface area contributed by atoms with Crippen LogP contribution in [0.15, 0.2) is 23.1 Å². The smallest absolute Gasteiger partial charge is 0.479 e. The van der Waals surface area contributed by atoms with Crippen molar-refractivity contribution in [1.82, 2.24) is 19.8 Å². The van der Waals surface area contributed by atoms with Crippen LogP contribution in [0, 0.1) is 65.3 Å². The molecule has 2 aromatic rings. The first-order valence-corrected chi connectivity index (χ1v) is 24.0. The van der Waals surface area contributed by atoms with E-state index in [0.29, 0.717) is 17.8 Å². The first-order valence-electron chi connectivity index (χ1n) is 20.7. The molecule has 5 amide bonds. The van der Waals surface area contributed by atoms with E-state index in [1.54, 1.807) is 0 Å². The summed E-state index contributed by atoms with van der Waals surface area (Å²) in [5.74, 6) is -10.6. The van der Waals surface area contributed by atoms with E-state index in [-0.39, 0.29) is 45.6 Å². The van der Waals surface area contributed by atoms with E-state index >= 15 is 0 Å². The summed E-state index contributed by atoms with van der Waals surface area (Å²) in [5.41, 5.74) is -2.26. The Labute approximate surface area is 475 Å². The van der Waals surface area contributed by atoms with Crippen LogP contribution in [-0.4, -0.2) is 203 Å². The number of rotatable bonds is 24. The zero-order valence-electron chi connectivity index (χ0n) is 40.6. The Kier molecular flexibility index (Phi) is 28.9. The maximum Gasteiger partial charge on any atom is 0.479 e. The summed E-state index contributed by atoms with van der Waals surface area (Å²) in [6.45, 7) is -1.94. The van der Waals surface area contributed by atoms with E-state index in [2.05, 4.69) is 71.3 Å². The van der Waals surface area contributed by atoms with Gasteiger partial charge in [0.1, 0.15) is 80.6 Å². The third-order valence-corrected chi connectivity index (χ3v) is 11.8. The number of nitrogens with zero attached hydrogens (tertiary/aromatic N) is 9. The topological polar surface area (TPSA) is 591 Å². The number of aliphatic hydroxyl groups excluding tert-OH is 1. The molecule has 0 spiro atoms. The molecule has 0 bridgehead atoms. The van der Waals surface area contributed by atoms with Gasteiger partial charge in [-0.25, -0.2) is 24.0 Å². The van der Waals surface area contributed by atoms with Crippen molar-refractivity contribution in [3.05, 3.63) is 106 Å². The molecule has 82 heavy (non-hydrogen) atoms. The predicted octanol–water partition coefficient (Wildman–Crippen LogP) is 0.169. The number of aromatic amines is 1. The summed E-state index contributed by atoms with van der Waals surface area (Å²) < 4.78 is 8.79. The molecule has 2 saturated heterocycles. The van der Waals surface area contributed by atoms with Crippen LogP contribution in [0.4, 0.5) is 9.59 Å². The van der Waals surface area contributed by atoms with E-state index < -0.39 is 166 Å². The van der Waals surface area contributed by atoms with Gasteiger partial charge < -0.3 is 59.2 Å². The van der Waals surface area contributed by atoms with Crippen LogP contribution < -0.4 is 9.47 Å². The van der Waals surface area contributed by atoms with Gasteiger partial charge in [0, 0.05) is 42.0 Å². The zero-order valence-corrected chi connectivity index (χ0v) is 44.8. The minimum Gasteiger partial charge on any atom is -0.480 e. The molecule has 2 aliphatic heterocycles. The number of hydroxylamine groups is 2. The Morgan fingerprint density at radius 3 is 1.67 bits per heavy atom. The van der Waals surface area contributed by atoms with Gasteiger partial charge in [0.05, 0.1) is 11.5 Å². The molecule has 5 N–H and O–H groups in total. The minimum atomic E-state index is -1.59. The fraction of sp³-hybridized carbons (Fsp3) is 0.400. The van der Waals surface area contributed by atoms with Crippen molar-refractivity contribution in [3.8, 4) is 11.6 Å². The summed E-state index contributed by atoms with van der Waals surface area (Å²) in [5, 5.41) is 92.6. The van der Waals surface area contributed by atoms with E-state index in [9.17, 15) is 109 Å². The Bertz CT molecular complexity index is 2950. The number of pyridine rings is 1. The fourth-order valence-electron chi connectivity index (χ4n) is 5.60. The number of hydrogen-bond donors (Lipinski definition) is 7. The SMILES string of the molecule is CC(=O)Oc1[nH]c(=S)c(C(=O)[N+](=O)[O-])cc1C(=O)O.CC(=O)Oc1cc(S)c(C(=O)[N+](=O)[O-])cc1C(=O)O.O=C(C1CSC(=O)N1CC(CO[N+](=O)[O-])O[N+](=O)[O-])N(CO)OC[N+](=O)[O-].O=C(O)C1CSC(=O)N1CC(S)CO[N+](=O)[O-]. The monoisotopic (exact) mass is 1270 g/mol. The molecule has 1 aromatic heterocycles. The van der Waals surface area contributed by atoms with Crippen LogP contribution in [0.2, 0.25) is 0 Å². The number of hydrogen-bond acceptors (Lipinski definition) is 34. The van der Waals surface area contributed by atoms with Crippen molar-refractivity contribution in [2.75, 3.05) is 51.3 Å². The number of aliphatic hydroxyl groups is 1. The molecule has 448 valence electrons. The van der Waals surface area contributed by atoms with Gasteiger partial charge in [-0.2, -0.15) is 22.5 Å². The molecule has 0 aliphatic carbocycles. The number of aromatic carboxylic acids is 2. The van der Waals surface area contributed by atoms with Crippen molar-refractivity contribution in [2.45, 2.75) is 42.2 Å². The Balaban J connectivity index is 0.000000556. The fourth-order valence-corrected chi connectivity index (χ4v) is 8.34. The average Bonchev–Trinajstić information content (AvgIpc) is 4.09. The molecule has 3 heterocycles. The second-order valence-corrected chi connectivity index (χ2v) is 18.0. The van der Waals surface area contributed by atoms with Crippen LogP contribution in [0.5, 0.6) is 11.6 Å². The molecule has 0 radical (unpaired) electrons. The van der Waals surface area contributed by atoms with Crippen molar-refractivity contribution in [1.29, 1.82) is 0 Å². The summed E-state index contributed by atoms with van der Waals surface area (Å²) >= 11 is 14.1. The highest BCUT2D eigenvalue weighted by atomic mass is 32.2. The minimum absolute atomic E-state index is 0.000247. The van der Waals surface area contributed by atoms with Gasteiger partial charge in [0.25, 0.3) is 31.6 Å². The van der Waals surface area contributed by atoms with E-state index in [4.69, 9.17) is 20.4 Å². The first-order chi connectivity index (χ1) is 38.0. The number of thiol groups is 2. The number of nitrogens with one attached hydrogen (secondary N) is 1. The van der Waals surface area contributed by atoms with Crippen LogP contribution in [0.1, 0.15) is 55.3 Å². The third-order valence-electron chi connectivity index (χ3n) is 8.85. The number of aliphatic carboxylic acids is 1. The molecule has 2 fully saturated rings. The molecule has 4 unspecified atom stereocenters. The number of ether oxygens (including phenoxy) is 2. The van der Waals surface area contributed by atoms with Gasteiger partial charge in [-0.1, -0.05) is 35.7 Å². The Hall–Kier alpha value is -9.19.